The van der Waals surface area contributed by atoms with Gasteiger partial charge in [-0.2, -0.15) is 0 Å². The molecule has 0 aliphatic carbocycles. The summed E-state index contributed by atoms with van der Waals surface area (Å²) in [6.45, 7) is 2.62. The van der Waals surface area contributed by atoms with Crippen LogP contribution in [0.15, 0.2) is 78.9 Å². The quantitative estimate of drug-likeness (QED) is 0.391. The second kappa shape index (κ2) is 11.5. The SMILES string of the molecule is C[C@@H](NC(=O)c1ccccc1CCC(=O)NC1CN(C(=O)/C=C/C(=O)O)C1)c1cccc2ccccc12. The Morgan fingerprint density at radius 3 is 2.46 bits per heavy atom. The molecule has 1 saturated heterocycles. The summed E-state index contributed by atoms with van der Waals surface area (Å²) in [7, 11) is 0. The lowest BCUT2D eigenvalue weighted by atomic mass is 9.98. The number of hydrogen-bond acceptors (Lipinski definition) is 4. The monoisotopic (exact) mass is 499 g/mol. The molecule has 37 heavy (non-hydrogen) atoms. The summed E-state index contributed by atoms with van der Waals surface area (Å²) in [5.41, 5.74) is 2.35. The fourth-order valence-electron chi connectivity index (χ4n) is 4.49. The number of carbonyl (C=O) groups is 4. The summed E-state index contributed by atoms with van der Waals surface area (Å²) in [5.74, 6) is -1.95. The second-order valence-electron chi connectivity index (χ2n) is 9.10. The Kier molecular flexibility index (Phi) is 7.98. The highest BCUT2D eigenvalue weighted by atomic mass is 16.4. The van der Waals surface area contributed by atoms with Crippen LogP contribution in [0, 0.1) is 0 Å². The Balaban J connectivity index is 1.31. The maximum Gasteiger partial charge on any atom is 0.328 e. The number of carboxylic acids is 1. The molecule has 0 spiro atoms. The zero-order valence-electron chi connectivity index (χ0n) is 20.5. The summed E-state index contributed by atoms with van der Waals surface area (Å²) in [4.78, 5) is 49.5. The molecule has 0 saturated carbocycles. The van der Waals surface area contributed by atoms with Gasteiger partial charge in [0, 0.05) is 37.2 Å². The minimum absolute atomic E-state index is 0.169. The highest BCUT2D eigenvalue weighted by molar-refractivity contribution is 5.97. The van der Waals surface area contributed by atoms with Gasteiger partial charge in [-0.3, -0.25) is 14.4 Å². The van der Waals surface area contributed by atoms with E-state index in [4.69, 9.17) is 5.11 Å². The first-order valence-electron chi connectivity index (χ1n) is 12.2. The standard InChI is InChI=1S/C29H29N3O5/c1-19(23-12-6-9-20-7-2-4-10-24(20)23)30-29(37)25-11-5-3-8-21(25)13-14-26(33)31-22-17-32(18-22)27(34)15-16-28(35)36/h2-12,15-16,19,22H,13-14,17-18H2,1H3,(H,30,37)(H,31,33)(H,35,36)/b16-15+/t19-/m1/s1. The third-order valence-corrected chi connectivity index (χ3v) is 6.45. The molecule has 1 atom stereocenters. The van der Waals surface area contributed by atoms with Crippen LogP contribution >= 0.6 is 0 Å². The Morgan fingerprint density at radius 2 is 1.68 bits per heavy atom. The Hall–Kier alpha value is -4.46. The van der Waals surface area contributed by atoms with Gasteiger partial charge in [0.2, 0.25) is 11.8 Å². The second-order valence-corrected chi connectivity index (χ2v) is 9.10. The van der Waals surface area contributed by atoms with Crippen molar-refractivity contribution in [3.8, 4) is 0 Å². The minimum Gasteiger partial charge on any atom is -0.478 e. The average Bonchev–Trinajstić information content (AvgIpc) is 2.87. The average molecular weight is 500 g/mol. The van der Waals surface area contributed by atoms with Crippen LogP contribution in [0.25, 0.3) is 10.8 Å². The van der Waals surface area contributed by atoms with E-state index < -0.39 is 11.9 Å². The van der Waals surface area contributed by atoms with Crippen molar-refractivity contribution in [2.75, 3.05) is 13.1 Å². The Bertz CT molecular complexity index is 1360. The lowest BCUT2D eigenvalue weighted by Gasteiger charge is -2.38. The van der Waals surface area contributed by atoms with Crippen molar-refractivity contribution in [3.05, 3.63) is 95.6 Å². The molecule has 8 nitrogen and oxygen atoms in total. The predicted molar refractivity (Wildman–Crippen MR) is 140 cm³/mol. The topological polar surface area (TPSA) is 116 Å². The Labute approximate surface area is 215 Å². The van der Waals surface area contributed by atoms with E-state index in [0.717, 1.165) is 34.1 Å². The molecule has 3 aromatic rings. The molecule has 3 N–H and O–H groups in total. The van der Waals surface area contributed by atoms with Crippen molar-refractivity contribution in [1.82, 2.24) is 15.5 Å². The molecule has 1 aliphatic rings. The number of hydrogen-bond donors (Lipinski definition) is 3. The summed E-state index contributed by atoms with van der Waals surface area (Å²) in [6, 6.07) is 21.0. The Morgan fingerprint density at radius 1 is 0.973 bits per heavy atom. The zero-order valence-corrected chi connectivity index (χ0v) is 20.5. The maximum atomic E-state index is 13.2. The van der Waals surface area contributed by atoms with Gasteiger partial charge in [0.15, 0.2) is 0 Å². The van der Waals surface area contributed by atoms with E-state index in [1.807, 2.05) is 61.5 Å². The number of nitrogens with one attached hydrogen (secondary N) is 2. The van der Waals surface area contributed by atoms with Crippen molar-refractivity contribution < 1.29 is 24.3 Å². The number of carboxylic acid groups (broad SMARTS) is 1. The molecule has 8 heteroatoms. The number of amides is 3. The first-order chi connectivity index (χ1) is 17.8. The van der Waals surface area contributed by atoms with E-state index >= 15 is 0 Å². The van der Waals surface area contributed by atoms with Crippen LogP contribution in [0.5, 0.6) is 0 Å². The molecule has 1 heterocycles. The van der Waals surface area contributed by atoms with Crippen LogP contribution in [0.2, 0.25) is 0 Å². The molecular weight excluding hydrogens is 470 g/mol. The van der Waals surface area contributed by atoms with Gasteiger partial charge < -0.3 is 20.6 Å². The number of aliphatic carboxylic acids is 1. The molecule has 0 radical (unpaired) electrons. The van der Waals surface area contributed by atoms with Crippen LogP contribution in [-0.4, -0.2) is 52.8 Å². The first kappa shape index (κ1) is 25.6. The van der Waals surface area contributed by atoms with E-state index in [-0.39, 0.29) is 30.3 Å². The van der Waals surface area contributed by atoms with Gasteiger partial charge in [-0.15, -0.1) is 0 Å². The fraction of sp³-hybridized carbons (Fsp3) is 0.241. The number of benzene rings is 3. The number of rotatable bonds is 9. The molecule has 0 aromatic heterocycles. The molecule has 1 aliphatic heterocycles. The maximum absolute atomic E-state index is 13.2. The van der Waals surface area contributed by atoms with E-state index in [2.05, 4.69) is 10.6 Å². The number of aryl methyl sites for hydroxylation is 1. The van der Waals surface area contributed by atoms with Crippen LogP contribution in [0.3, 0.4) is 0 Å². The molecule has 3 aromatic carbocycles. The van der Waals surface area contributed by atoms with E-state index in [9.17, 15) is 19.2 Å². The predicted octanol–water partition coefficient (Wildman–Crippen LogP) is 3.23. The smallest absolute Gasteiger partial charge is 0.328 e. The molecule has 4 rings (SSSR count). The highest BCUT2D eigenvalue weighted by Crippen LogP contribution is 2.24. The van der Waals surface area contributed by atoms with Crippen LogP contribution in [0.1, 0.15) is 40.9 Å². The third kappa shape index (κ3) is 6.41. The largest absolute Gasteiger partial charge is 0.478 e. The summed E-state index contributed by atoms with van der Waals surface area (Å²) >= 11 is 0. The zero-order chi connectivity index (χ0) is 26.4. The van der Waals surface area contributed by atoms with Gasteiger partial charge in [-0.05, 0) is 41.3 Å². The first-order valence-corrected chi connectivity index (χ1v) is 12.2. The van der Waals surface area contributed by atoms with Crippen molar-refractivity contribution >= 4 is 34.5 Å². The van der Waals surface area contributed by atoms with Gasteiger partial charge in [0.25, 0.3) is 5.91 Å². The van der Waals surface area contributed by atoms with Gasteiger partial charge in [-0.1, -0.05) is 60.7 Å². The molecule has 0 bridgehead atoms. The summed E-state index contributed by atoms with van der Waals surface area (Å²) in [5, 5.41) is 16.8. The van der Waals surface area contributed by atoms with Crippen molar-refractivity contribution in [3.63, 3.8) is 0 Å². The van der Waals surface area contributed by atoms with Crippen LogP contribution in [-0.2, 0) is 20.8 Å². The number of likely N-dealkylation sites (tertiary alicyclic amines) is 1. The molecular formula is C29H29N3O5. The van der Waals surface area contributed by atoms with E-state index in [1.165, 1.54) is 4.90 Å². The summed E-state index contributed by atoms with van der Waals surface area (Å²) in [6.07, 6.45) is 2.40. The van der Waals surface area contributed by atoms with E-state index in [0.29, 0.717) is 25.1 Å². The van der Waals surface area contributed by atoms with Crippen molar-refractivity contribution in [1.29, 1.82) is 0 Å². The molecule has 1 fully saturated rings. The molecule has 190 valence electrons. The number of fused-ring (bicyclic) bond motifs is 1. The lowest BCUT2D eigenvalue weighted by molar-refractivity contribution is -0.134. The molecule has 3 amide bonds. The van der Waals surface area contributed by atoms with Crippen molar-refractivity contribution in [2.24, 2.45) is 0 Å². The third-order valence-electron chi connectivity index (χ3n) is 6.45. The van der Waals surface area contributed by atoms with Crippen LogP contribution in [0.4, 0.5) is 0 Å². The van der Waals surface area contributed by atoms with E-state index in [1.54, 1.807) is 12.1 Å². The van der Waals surface area contributed by atoms with Crippen LogP contribution < -0.4 is 10.6 Å². The summed E-state index contributed by atoms with van der Waals surface area (Å²) < 4.78 is 0. The van der Waals surface area contributed by atoms with Gasteiger partial charge in [0.05, 0.1) is 12.1 Å². The van der Waals surface area contributed by atoms with Crippen molar-refractivity contribution in [2.45, 2.75) is 31.8 Å². The molecule has 0 unspecified atom stereocenters. The van der Waals surface area contributed by atoms with Gasteiger partial charge in [0.1, 0.15) is 0 Å². The highest BCUT2D eigenvalue weighted by Gasteiger charge is 2.30. The van der Waals surface area contributed by atoms with Gasteiger partial charge >= 0.3 is 5.97 Å². The normalized spacial score (nSPS) is 14.2. The minimum atomic E-state index is -1.18. The number of nitrogens with zero attached hydrogens (tertiary/aromatic N) is 1. The van der Waals surface area contributed by atoms with Gasteiger partial charge in [-0.25, -0.2) is 4.79 Å². The fourth-order valence-corrected chi connectivity index (χ4v) is 4.49. The number of carbonyl (C=O) groups excluding carboxylic acids is 3. The lowest BCUT2D eigenvalue weighted by Crippen LogP contribution is -2.60.